The standard InChI is InChI=1S/C63H39N/c1-3-17-43(18-4-1)62(44-19-5-2-6-20-44)52-26-12-7-23-47(52)48-36-35-42(39-57(48)62)40-31-33-41(34-32-40)61-60-50(49-24-11-16-30-58(49)64-61)37-38-56-59(60)51-25-10-15-29-55(51)63(56)53-27-13-8-21-45(53)46-22-9-14-28-54(46)63/h1-39H. The monoisotopic (exact) mass is 809 g/mol. The van der Waals surface area contributed by atoms with Crippen molar-refractivity contribution in [1.29, 1.82) is 0 Å². The maximum absolute atomic E-state index is 5.59. The first kappa shape index (κ1) is 35.5. The van der Waals surface area contributed by atoms with Gasteiger partial charge in [0.25, 0.3) is 0 Å². The van der Waals surface area contributed by atoms with Crippen molar-refractivity contribution in [2.45, 2.75) is 10.8 Å². The quantitative estimate of drug-likeness (QED) is 0.161. The highest BCUT2D eigenvalue weighted by molar-refractivity contribution is 6.19. The van der Waals surface area contributed by atoms with Crippen molar-refractivity contribution in [2.75, 3.05) is 0 Å². The second-order valence-electron chi connectivity index (χ2n) is 17.6. The van der Waals surface area contributed by atoms with Crippen LogP contribution in [0.4, 0.5) is 0 Å². The number of para-hydroxylation sites is 1. The van der Waals surface area contributed by atoms with E-state index < -0.39 is 10.8 Å². The average Bonchev–Trinajstić information content (AvgIpc) is 3.97. The highest BCUT2D eigenvalue weighted by atomic mass is 14.7. The number of hydrogen-bond acceptors (Lipinski definition) is 1. The Labute approximate surface area is 372 Å². The molecule has 0 unspecified atom stereocenters. The number of fused-ring (bicyclic) bond motifs is 17. The molecule has 1 heteroatoms. The number of nitrogens with zero attached hydrogens (tertiary/aromatic N) is 1. The van der Waals surface area contributed by atoms with Gasteiger partial charge >= 0.3 is 0 Å². The smallest absolute Gasteiger partial charge is 0.0794 e. The summed E-state index contributed by atoms with van der Waals surface area (Å²) in [5.74, 6) is 0. The first-order chi connectivity index (χ1) is 31.8. The number of aromatic nitrogens is 1. The minimum atomic E-state index is -0.452. The van der Waals surface area contributed by atoms with Crippen molar-refractivity contribution in [2.24, 2.45) is 0 Å². The van der Waals surface area contributed by atoms with Crippen molar-refractivity contribution in [3.8, 4) is 55.8 Å². The van der Waals surface area contributed by atoms with Crippen molar-refractivity contribution < 1.29 is 0 Å². The molecule has 0 N–H and O–H groups in total. The Balaban J connectivity index is 0.983. The molecule has 0 fully saturated rings. The lowest BCUT2D eigenvalue weighted by atomic mass is 9.67. The molecule has 0 aliphatic heterocycles. The zero-order valence-corrected chi connectivity index (χ0v) is 35.0. The molecule has 11 aromatic rings. The molecule has 1 heterocycles. The summed E-state index contributed by atoms with van der Waals surface area (Å²) in [7, 11) is 0. The maximum atomic E-state index is 5.59. The molecule has 64 heavy (non-hydrogen) atoms. The van der Waals surface area contributed by atoms with E-state index in [0.29, 0.717) is 0 Å². The van der Waals surface area contributed by atoms with Gasteiger partial charge in [0.15, 0.2) is 0 Å². The first-order valence-electron chi connectivity index (χ1n) is 22.4. The zero-order valence-electron chi connectivity index (χ0n) is 35.0. The Bertz CT molecular complexity index is 3630. The summed E-state index contributed by atoms with van der Waals surface area (Å²) in [5, 5.41) is 3.61. The first-order valence-corrected chi connectivity index (χ1v) is 22.4. The van der Waals surface area contributed by atoms with Crippen LogP contribution in [-0.4, -0.2) is 4.98 Å². The largest absolute Gasteiger partial charge is 0.247 e. The normalized spacial score (nSPS) is 14.2. The highest BCUT2D eigenvalue weighted by Crippen LogP contribution is 2.64. The second-order valence-corrected chi connectivity index (χ2v) is 17.6. The molecule has 0 saturated carbocycles. The van der Waals surface area contributed by atoms with Crippen LogP contribution >= 0.6 is 0 Å². The topological polar surface area (TPSA) is 12.9 Å². The Hall–Kier alpha value is -8.13. The summed E-state index contributed by atoms with van der Waals surface area (Å²) < 4.78 is 0. The van der Waals surface area contributed by atoms with Gasteiger partial charge in [-0.2, -0.15) is 0 Å². The molecular formula is C63H39N. The van der Waals surface area contributed by atoms with Crippen LogP contribution in [0.25, 0.3) is 77.4 Å². The molecule has 10 aromatic carbocycles. The summed E-state index contributed by atoms with van der Waals surface area (Å²) in [6.45, 7) is 0. The van der Waals surface area contributed by atoms with Gasteiger partial charge in [-0.1, -0.05) is 224 Å². The van der Waals surface area contributed by atoms with Gasteiger partial charge in [-0.05, 0) is 107 Å². The summed E-state index contributed by atoms with van der Waals surface area (Å²) >= 11 is 0. The van der Waals surface area contributed by atoms with Crippen LogP contribution in [0.2, 0.25) is 0 Å². The molecule has 3 aliphatic rings. The SMILES string of the molecule is c1ccc(C2(c3ccccc3)c3ccccc3-c3ccc(-c4ccc(-c5nc6ccccc6c6ccc7c(c56)-c5ccccc5C75c6ccccc6-c6ccccc65)cc4)cc32)cc1. The van der Waals surface area contributed by atoms with Gasteiger partial charge in [0.2, 0.25) is 0 Å². The van der Waals surface area contributed by atoms with E-state index in [9.17, 15) is 0 Å². The molecule has 0 atom stereocenters. The van der Waals surface area contributed by atoms with Crippen molar-refractivity contribution in [3.63, 3.8) is 0 Å². The molecule has 296 valence electrons. The van der Waals surface area contributed by atoms with E-state index in [1.165, 1.54) is 105 Å². The fourth-order valence-electron chi connectivity index (χ4n) is 12.3. The fourth-order valence-corrected chi connectivity index (χ4v) is 12.3. The Morgan fingerprint density at radius 3 is 1.38 bits per heavy atom. The average molecular weight is 810 g/mol. The van der Waals surface area contributed by atoms with Crippen LogP contribution in [0.3, 0.4) is 0 Å². The molecule has 1 spiro atoms. The minimum Gasteiger partial charge on any atom is -0.247 e. The predicted octanol–water partition coefficient (Wildman–Crippen LogP) is 15.4. The third-order valence-corrected chi connectivity index (χ3v) is 14.8. The van der Waals surface area contributed by atoms with E-state index in [1.54, 1.807) is 0 Å². The molecule has 0 bridgehead atoms. The Morgan fingerprint density at radius 2 is 0.750 bits per heavy atom. The van der Waals surface area contributed by atoms with Crippen molar-refractivity contribution >= 4 is 21.7 Å². The van der Waals surface area contributed by atoms with Gasteiger partial charge < -0.3 is 0 Å². The van der Waals surface area contributed by atoms with E-state index in [0.717, 1.165) is 16.8 Å². The van der Waals surface area contributed by atoms with Gasteiger partial charge in [-0.25, -0.2) is 4.98 Å². The van der Waals surface area contributed by atoms with Gasteiger partial charge in [0.1, 0.15) is 0 Å². The van der Waals surface area contributed by atoms with Gasteiger partial charge in [-0.15, -0.1) is 0 Å². The van der Waals surface area contributed by atoms with E-state index in [1.807, 2.05) is 0 Å². The van der Waals surface area contributed by atoms with Crippen LogP contribution in [0.1, 0.15) is 44.5 Å². The highest BCUT2D eigenvalue weighted by Gasteiger charge is 2.52. The summed E-state index contributed by atoms with van der Waals surface area (Å²) in [6.07, 6.45) is 0. The summed E-state index contributed by atoms with van der Waals surface area (Å²) in [6, 6.07) is 88.0. The third-order valence-electron chi connectivity index (χ3n) is 14.8. The van der Waals surface area contributed by atoms with Crippen molar-refractivity contribution in [3.05, 3.63) is 281 Å². The maximum Gasteiger partial charge on any atom is 0.0794 e. The molecule has 3 aliphatic carbocycles. The van der Waals surface area contributed by atoms with Crippen LogP contribution in [0.5, 0.6) is 0 Å². The van der Waals surface area contributed by atoms with Gasteiger partial charge in [0, 0.05) is 16.3 Å². The van der Waals surface area contributed by atoms with Crippen LogP contribution in [-0.2, 0) is 10.8 Å². The van der Waals surface area contributed by atoms with E-state index in [-0.39, 0.29) is 0 Å². The lowest BCUT2D eigenvalue weighted by Crippen LogP contribution is -2.28. The van der Waals surface area contributed by atoms with Gasteiger partial charge in [0.05, 0.1) is 22.0 Å². The minimum absolute atomic E-state index is 0.429. The second kappa shape index (κ2) is 13.2. The molecule has 1 nitrogen and oxygen atoms in total. The van der Waals surface area contributed by atoms with Crippen LogP contribution < -0.4 is 0 Å². The lowest BCUT2D eigenvalue weighted by molar-refractivity contribution is 0.769. The van der Waals surface area contributed by atoms with Crippen LogP contribution in [0.15, 0.2) is 237 Å². The number of hydrogen-bond donors (Lipinski definition) is 0. The van der Waals surface area contributed by atoms with E-state index in [4.69, 9.17) is 4.98 Å². The number of rotatable bonds is 4. The number of benzene rings is 10. The molecule has 0 saturated heterocycles. The Kier molecular flexibility index (Phi) is 7.31. The molecule has 0 radical (unpaired) electrons. The summed E-state index contributed by atoms with van der Waals surface area (Å²) in [5.41, 5.74) is 22.9. The summed E-state index contributed by atoms with van der Waals surface area (Å²) in [4.78, 5) is 5.59. The molecule has 14 rings (SSSR count). The number of pyridine rings is 1. The fraction of sp³-hybridized carbons (Fsp3) is 0.0317. The van der Waals surface area contributed by atoms with Crippen LogP contribution in [0, 0.1) is 0 Å². The van der Waals surface area contributed by atoms with E-state index in [2.05, 4.69) is 237 Å². The molecular weight excluding hydrogens is 771 g/mol. The molecule has 1 aromatic heterocycles. The van der Waals surface area contributed by atoms with Gasteiger partial charge in [-0.3, -0.25) is 0 Å². The lowest BCUT2D eigenvalue weighted by Gasteiger charge is -2.34. The zero-order chi connectivity index (χ0) is 42.0. The van der Waals surface area contributed by atoms with Crippen molar-refractivity contribution in [1.82, 2.24) is 4.98 Å². The third kappa shape index (κ3) is 4.50. The predicted molar refractivity (Wildman–Crippen MR) is 264 cm³/mol. The van der Waals surface area contributed by atoms with E-state index >= 15 is 0 Å². The molecule has 0 amide bonds. The Morgan fingerprint density at radius 1 is 0.281 bits per heavy atom.